The first kappa shape index (κ1) is 33.1. The van der Waals surface area contributed by atoms with Gasteiger partial charge in [-0.15, -0.1) is 0 Å². The molecule has 0 radical (unpaired) electrons. The number of nitrogens with zero attached hydrogens (tertiary/aromatic N) is 2. The van der Waals surface area contributed by atoms with E-state index >= 15 is 0 Å². The molecule has 2 aromatic carbocycles. The van der Waals surface area contributed by atoms with Crippen LogP contribution in [-0.4, -0.2) is 57.4 Å². The van der Waals surface area contributed by atoms with Crippen LogP contribution in [0.2, 0.25) is 0 Å². The number of carbonyl (C=O) groups is 2. The average molecular weight is 669 g/mol. The Hall–Kier alpha value is -4.82. The standard InChI is InChI=1S/C34H32F4N4O6/c1-31(2,45)24-11-6-18-12-19(13-23(26(18)41-24)48-21-9-10-21)29(43)40-15-33(46,34(36,37)38)25-14-22-28(47-16-32(22,3)30(39)44)27(42-25)17-4-7-20(35)8-5-17/h4-8,11-14,21,45-46H,9-10,15-16H2,1-3H3,(H2,39,44)(H,40,43)/t32-,33?/m0/s1. The second kappa shape index (κ2) is 11.4. The Balaban J connectivity index is 1.39. The van der Waals surface area contributed by atoms with E-state index in [0.29, 0.717) is 16.6 Å². The number of aliphatic hydroxyl groups is 2. The molecular weight excluding hydrogens is 636 g/mol. The predicted octanol–water partition coefficient (Wildman–Crippen LogP) is 4.52. The molecule has 14 heteroatoms. The minimum absolute atomic E-state index is 0.0408. The topological polar surface area (TPSA) is 157 Å². The number of nitrogens with one attached hydrogen (secondary N) is 1. The number of halogens is 4. The molecule has 1 aliphatic heterocycles. The number of pyridine rings is 2. The van der Waals surface area contributed by atoms with Crippen LogP contribution >= 0.6 is 0 Å². The molecule has 2 amide bonds. The molecule has 1 fully saturated rings. The number of amides is 2. The van der Waals surface area contributed by atoms with Crippen LogP contribution < -0.4 is 20.5 Å². The van der Waals surface area contributed by atoms with Gasteiger partial charge in [-0.3, -0.25) is 9.59 Å². The molecule has 10 nitrogen and oxygen atoms in total. The van der Waals surface area contributed by atoms with E-state index in [1.807, 2.05) is 0 Å². The lowest BCUT2D eigenvalue weighted by atomic mass is 9.81. The number of rotatable bonds is 9. The average Bonchev–Trinajstić information content (AvgIpc) is 3.78. The van der Waals surface area contributed by atoms with Gasteiger partial charge in [-0.25, -0.2) is 14.4 Å². The molecule has 3 heterocycles. The van der Waals surface area contributed by atoms with E-state index in [0.717, 1.165) is 31.0 Å². The summed E-state index contributed by atoms with van der Waals surface area (Å²) in [5, 5.41) is 24.4. The highest BCUT2D eigenvalue weighted by Gasteiger charge is 2.57. The summed E-state index contributed by atoms with van der Waals surface area (Å²) in [6, 6.07) is 11.5. The van der Waals surface area contributed by atoms with Gasteiger partial charge in [0.05, 0.1) is 24.0 Å². The monoisotopic (exact) mass is 668 g/mol. The second-order valence-electron chi connectivity index (χ2n) is 12.9. The Labute approximate surface area is 271 Å². The van der Waals surface area contributed by atoms with Gasteiger partial charge in [-0.1, -0.05) is 6.07 Å². The van der Waals surface area contributed by atoms with Crippen molar-refractivity contribution >= 4 is 22.7 Å². The third-order valence-electron chi connectivity index (χ3n) is 8.60. The Bertz CT molecular complexity index is 1940. The van der Waals surface area contributed by atoms with Crippen molar-refractivity contribution < 1.29 is 46.8 Å². The molecular formula is C34H32F4N4O6. The first-order valence-electron chi connectivity index (χ1n) is 15.1. The van der Waals surface area contributed by atoms with E-state index in [2.05, 4.69) is 15.3 Å². The van der Waals surface area contributed by atoms with Crippen molar-refractivity contribution in [1.29, 1.82) is 0 Å². The molecule has 6 rings (SSSR count). The number of benzene rings is 2. The zero-order chi connectivity index (χ0) is 34.8. The van der Waals surface area contributed by atoms with Crippen LogP contribution in [0, 0.1) is 5.82 Å². The molecule has 1 aliphatic carbocycles. The lowest BCUT2D eigenvalue weighted by Crippen LogP contribution is -2.51. The van der Waals surface area contributed by atoms with Gasteiger partial charge in [-0.05, 0) is 82.1 Å². The van der Waals surface area contributed by atoms with Gasteiger partial charge in [0.1, 0.15) is 46.1 Å². The number of fused-ring (bicyclic) bond motifs is 2. The Morgan fingerprint density at radius 1 is 1.04 bits per heavy atom. The number of hydrogen-bond donors (Lipinski definition) is 4. The van der Waals surface area contributed by atoms with Crippen LogP contribution in [0.25, 0.3) is 22.2 Å². The molecule has 4 aromatic rings. The summed E-state index contributed by atoms with van der Waals surface area (Å²) >= 11 is 0. The summed E-state index contributed by atoms with van der Waals surface area (Å²) in [6.07, 6.45) is -3.96. The fourth-order valence-electron chi connectivity index (χ4n) is 5.38. The van der Waals surface area contributed by atoms with Crippen LogP contribution in [0.4, 0.5) is 17.6 Å². The van der Waals surface area contributed by atoms with Gasteiger partial charge in [0.2, 0.25) is 11.5 Å². The van der Waals surface area contributed by atoms with E-state index in [-0.39, 0.29) is 46.6 Å². The first-order chi connectivity index (χ1) is 22.4. The SMILES string of the molecule is CC(C)(O)c1ccc2cc(C(=O)NCC(O)(c3cc4c(c(-c5ccc(F)cc5)n3)OC[C@]4(C)C(N)=O)C(F)(F)F)cc(OC3CC3)c2n1. The van der Waals surface area contributed by atoms with Crippen LogP contribution in [0.1, 0.15) is 60.9 Å². The summed E-state index contributed by atoms with van der Waals surface area (Å²) in [6.45, 7) is 2.83. The third kappa shape index (κ3) is 5.90. The van der Waals surface area contributed by atoms with Crippen LogP contribution in [0.3, 0.4) is 0 Å². The summed E-state index contributed by atoms with van der Waals surface area (Å²) in [7, 11) is 0. The molecule has 2 aromatic heterocycles. The molecule has 1 saturated carbocycles. The van der Waals surface area contributed by atoms with E-state index < -0.39 is 52.7 Å². The van der Waals surface area contributed by atoms with Gasteiger partial charge in [0, 0.05) is 22.1 Å². The molecule has 1 unspecified atom stereocenters. The Morgan fingerprint density at radius 3 is 2.33 bits per heavy atom. The summed E-state index contributed by atoms with van der Waals surface area (Å²) in [5.74, 6) is -2.29. The predicted molar refractivity (Wildman–Crippen MR) is 165 cm³/mol. The number of ether oxygens (including phenoxy) is 2. The Morgan fingerprint density at radius 2 is 1.73 bits per heavy atom. The van der Waals surface area contributed by atoms with Gasteiger partial charge in [-0.2, -0.15) is 13.2 Å². The second-order valence-corrected chi connectivity index (χ2v) is 12.9. The Kier molecular flexibility index (Phi) is 7.87. The summed E-state index contributed by atoms with van der Waals surface area (Å²) in [4.78, 5) is 34.5. The lowest BCUT2D eigenvalue weighted by molar-refractivity contribution is -0.265. The van der Waals surface area contributed by atoms with E-state index in [1.54, 1.807) is 26.0 Å². The molecule has 0 saturated heterocycles. The van der Waals surface area contributed by atoms with Crippen molar-refractivity contribution in [1.82, 2.24) is 15.3 Å². The van der Waals surface area contributed by atoms with Crippen LogP contribution in [0.15, 0.2) is 54.6 Å². The maximum Gasteiger partial charge on any atom is 0.424 e. The first-order valence-corrected chi connectivity index (χ1v) is 15.1. The van der Waals surface area contributed by atoms with Gasteiger partial charge < -0.3 is 30.7 Å². The van der Waals surface area contributed by atoms with E-state index in [1.165, 1.54) is 31.2 Å². The highest BCUT2D eigenvalue weighted by atomic mass is 19.4. The summed E-state index contributed by atoms with van der Waals surface area (Å²) < 4.78 is 69.9. The molecule has 5 N–H and O–H groups in total. The minimum Gasteiger partial charge on any atom is -0.489 e. The highest BCUT2D eigenvalue weighted by Crippen LogP contribution is 2.48. The third-order valence-corrected chi connectivity index (χ3v) is 8.60. The molecule has 48 heavy (non-hydrogen) atoms. The maximum atomic E-state index is 14.8. The molecule has 0 bridgehead atoms. The molecule has 2 atom stereocenters. The fourth-order valence-corrected chi connectivity index (χ4v) is 5.38. The minimum atomic E-state index is -5.38. The van der Waals surface area contributed by atoms with Gasteiger partial charge in [0.15, 0.2) is 0 Å². The smallest absolute Gasteiger partial charge is 0.424 e. The van der Waals surface area contributed by atoms with E-state index in [4.69, 9.17) is 15.2 Å². The van der Waals surface area contributed by atoms with Crippen molar-refractivity contribution in [3.05, 3.63) is 82.9 Å². The largest absolute Gasteiger partial charge is 0.489 e. The van der Waals surface area contributed by atoms with Crippen LogP contribution in [-0.2, 0) is 21.4 Å². The lowest BCUT2D eigenvalue weighted by Gasteiger charge is -2.31. The van der Waals surface area contributed by atoms with Crippen molar-refractivity contribution in [2.75, 3.05) is 13.2 Å². The molecule has 2 aliphatic rings. The maximum absolute atomic E-state index is 14.8. The zero-order valence-corrected chi connectivity index (χ0v) is 26.1. The van der Waals surface area contributed by atoms with E-state index in [9.17, 15) is 37.4 Å². The van der Waals surface area contributed by atoms with Gasteiger partial charge >= 0.3 is 6.18 Å². The van der Waals surface area contributed by atoms with Crippen molar-refractivity contribution in [2.45, 2.75) is 62.5 Å². The highest BCUT2D eigenvalue weighted by molar-refractivity contribution is 6.00. The van der Waals surface area contributed by atoms with Crippen molar-refractivity contribution in [3.8, 4) is 22.8 Å². The number of hydrogen-bond acceptors (Lipinski definition) is 8. The normalized spacial score (nSPS) is 18.9. The number of aromatic nitrogens is 2. The summed E-state index contributed by atoms with van der Waals surface area (Å²) in [5.41, 5.74) is -1.38. The quantitative estimate of drug-likeness (QED) is 0.190. The number of nitrogens with two attached hydrogens (primary N) is 1. The van der Waals surface area contributed by atoms with Crippen molar-refractivity contribution in [3.63, 3.8) is 0 Å². The number of alkyl halides is 3. The van der Waals surface area contributed by atoms with Gasteiger partial charge in [0.25, 0.3) is 5.91 Å². The molecule has 0 spiro atoms. The zero-order valence-electron chi connectivity index (χ0n) is 26.1. The number of carbonyl (C=O) groups excluding carboxylic acids is 2. The van der Waals surface area contributed by atoms with Crippen molar-refractivity contribution in [2.24, 2.45) is 5.73 Å². The van der Waals surface area contributed by atoms with Crippen LogP contribution in [0.5, 0.6) is 11.5 Å². The fraction of sp³-hybridized carbons (Fsp3) is 0.353. The molecule has 252 valence electrons. The number of primary amides is 1.